The Labute approximate surface area is 97.1 Å². The second-order valence-electron chi connectivity index (χ2n) is 3.29. The number of nitrogens with zero attached hydrogens (tertiary/aromatic N) is 2. The molecule has 0 spiro atoms. The third kappa shape index (κ3) is 2.31. The normalized spacial score (nSPS) is 9.88. The van der Waals surface area contributed by atoms with Crippen LogP contribution in [0.4, 0.5) is 11.5 Å². The topological polar surface area (TPSA) is 101 Å². The van der Waals surface area contributed by atoms with Gasteiger partial charge in [0.05, 0.1) is 17.4 Å². The van der Waals surface area contributed by atoms with Gasteiger partial charge in [0.15, 0.2) is 5.82 Å². The zero-order valence-corrected chi connectivity index (χ0v) is 8.79. The van der Waals surface area contributed by atoms with E-state index in [0.29, 0.717) is 5.69 Å². The first-order valence-corrected chi connectivity index (χ1v) is 4.83. The molecule has 0 radical (unpaired) electrons. The molecule has 0 atom stereocenters. The molecule has 17 heavy (non-hydrogen) atoms. The second-order valence-corrected chi connectivity index (χ2v) is 3.29. The van der Waals surface area contributed by atoms with E-state index in [9.17, 15) is 9.90 Å². The zero-order valence-electron chi connectivity index (χ0n) is 8.79. The fourth-order valence-corrected chi connectivity index (χ4v) is 1.28. The number of aromatic hydroxyl groups is 1. The SMILES string of the molecule is Nc1cccnc1NC(=O)c1ccncc1O. The fraction of sp³-hybridized carbons (Fsp3) is 0. The van der Waals surface area contributed by atoms with Gasteiger partial charge in [0.25, 0.3) is 5.91 Å². The van der Waals surface area contributed by atoms with E-state index >= 15 is 0 Å². The van der Waals surface area contributed by atoms with Crippen molar-refractivity contribution in [3.8, 4) is 5.75 Å². The van der Waals surface area contributed by atoms with Crippen LogP contribution in [0.3, 0.4) is 0 Å². The molecule has 1 amide bonds. The number of nitrogens with two attached hydrogens (primary N) is 1. The number of carbonyl (C=O) groups excluding carboxylic acids is 1. The molecule has 0 bridgehead atoms. The average molecular weight is 230 g/mol. The van der Waals surface area contributed by atoms with Crippen LogP contribution in [0, 0.1) is 0 Å². The number of anilines is 2. The zero-order chi connectivity index (χ0) is 12.3. The summed E-state index contributed by atoms with van der Waals surface area (Å²) in [4.78, 5) is 19.4. The first kappa shape index (κ1) is 10.9. The Balaban J connectivity index is 2.24. The monoisotopic (exact) mass is 230 g/mol. The Hall–Kier alpha value is -2.63. The molecule has 2 rings (SSSR count). The summed E-state index contributed by atoms with van der Waals surface area (Å²) in [5.74, 6) is -0.427. The van der Waals surface area contributed by atoms with Gasteiger partial charge in [-0.25, -0.2) is 4.98 Å². The van der Waals surface area contributed by atoms with E-state index in [1.54, 1.807) is 12.1 Å². The lowest BCUT2D eigenvalue weighted by molar-refractivity contribution is 0.102. The van der Waals surface area contributed by atoms with Crippen LogP contribution in [-0.4, -0.2) is 21.0 Å². The van der Waals surface area contributed by atoms with Crippen LogP contribution >= 0.6 is 0 Å². The molecule has 0 aliphatic rings. The number of pyridine rings is 2. The summed E-state index contributed by atoms with van der Waals surface area (Å²) in [6.45, 7) is 0. The summed E-state index contributed by atoms with van der Waals surface area (Å²) in [6, 6.07) is 4.69. The highest BCUT2D eigenvalue weighted by Gasteiger charge is 2.12. The molecule has 0 fully saturated rings. The van der Waals surface area contributed by atoms with Crippen molar-refractivity contribution >= 4 is 17.4 Å². The summed E-state index contributed by atoms with van der Waals surface area (Å²) in [7, 11) is 0. The number of nitrogen functional groups attached to an aromatic ring is 1. The lowest BCUT2D eigenvalue weighted by Crippen LogP contribution is -2.14. The minimum atomic E-state index is -0.490. The van der Waals surface area contributed by atoms with E-state index in [-0.39, 0.29) is 17.1 Å². The number of amides is 1. The molecule has 0 saturated carbocycles. The van der Waals surface area contributed by atoms with Gasteiger partial charge in [-0.1, -0.05) is 0 Å². The van der Waals surface area contributed by atoms with Crippen LogP contribution in [-0.2, 0) is 0 Å². The third-order valence-corrected chi connectivity index (χ3v) is 2.12. The van der Waals surface area contributed by atoms with Crippen molar-refractivity contribution in [1.29, 1.82) is 0 Å². The van der Waals surface area contributed by atoms with Gasteiger partial charge >= 0.3 is 0 Å². The van der Waals surface area contributed by atoms with Crippen molar-refractivity contribution in [2.45, 2.75) is 0 Å². The first-order valence-electron chi connectivity index (χ1n) is 4.83. The van der Waals surface area contributed by atoms with Crippen LogP contribution in [0.1, 0.15) is 10.4 Å². The van der Waals surface area contributed by atoms with E-state index in [2.05, 4.69) is 15.3 Å². The number of nitrogens with one attached hydrogen (secondary N) is 1. The van der Waals surface area contributed by atoms with Crippen LogP contribution in [0.2, 0.25) is 0 Å². The predicted octanol–water partition coefficient (Wildman–Crippen LogP) is 1.02. The van der Waals surface area contributed by atoms with Crippen molar-refractivity contribution in [2.24, 2.45) is 0 Å². The molecule has 0 aromatic carbocycles. The van der Waals surface area contributed by atoms with E-state index in [1.807, 2.05) is 0 Å². The molecule has 6 nitrogen and oxygen atoms in total. The van der Waals surface area contributed by atoms with Crippen LogP contribution in [0.15, 0.2) is 36.8 Å². The number of hydrogen-bond acceptors (Lipinski definition) is 5. The minimum Gasteiger partial charge on any atom is -0.505 e. The van der Waals surface area contributed by atoms with Crippen LogP contribution in [0.25, 0.3) is 0 Å². The van der Waals surface area contributed by atoms with Gasteiger partial charge in [0, 0.05) is 12.4 Å². The largest absolute Gasteiger partial charge is 0.505 e. The third-order valence-electron chi connectivity index (χ3n) is 2.12. The molecule has 0 aliphatic carbocycles. The molecule has 2 aromatic heterocycles. The Morgan fingerprint density at radius 2 is 2.18 bits per heavy atom. The summed E-state index contributed by atoms with van der Waals surface area (Å²) < 4.78 is 0. The van der Waals surface area contributed by atoms with Crippen molar-refractivity contribution in [2.75, 3.05) is 11.1 Å². The Bertz CT molecular complexity index is 557. The van der Waals surface area contributed by atoms with Crippen LogP contribution < -0.4 is 11.1 Å². The first-order chi connectivity index (χ1) is 8.18. The van der Waals surface area contributed by atoms with Gasteiger partial charge in [-0.2, -0.15) is 0 Å². The molecule has 0 unspecified atom stereocenters. The van der Waals surface area contributed by atoms with Gasteiger partial charge in [-0.3, -0.25) is 9.78 Å². The molecule has 4 N–H and O–H groups in total. The summed E-state index contributed by atoms with van der Waals surface area (Å²) in [5, 5.41) is 12.0. The lowest BCUT2D eigenvalue weighted by Gasteiger charge is -2.07. The van der Waals surface area contributed by atoms with Gasteiger partial charge in [-0.15, -0.1) is 0 Å². The van der Waals surface area contributed by atoms with E-state index in [4.69, 9.17) is 5.73 Å². The maximum Gasteiger partial charge on any atom is 0.260 e. The van der Waals surface area contributed by atoms with E-state index in [0.717, 1.165) is 0 Å². The fourth-order valence-electron chi connectivity index (χ4n) is 1.28. The highest BCUT2D eigenvalue weighted by molar-refractivity contribution is 6.06. The van der Waals surface area contributed by atoms with Crippen molar-refractivity contribution in [3.63, 3.8) is 0 Å². The lowest BCUT2D eigenvalue weighted by atomic mass is 10.2. The van der Waals surface area contributed by atoms with Gasteiger partial charge in [-0.05, 0) is 18.2 Å². The maximum atomic E-state index is 11.8. The molecule has 86 valence electrons. The second kappa shape index (κ2) is 4.48. The van der Waals surface area contributed by atoms with Gasteiger partial charge in [0.2, 0.25) is 0 Å². The summed E-state index contributed by atoms with van der Waals surface area (Å²) in [5.41, 5.74) is 6.10. The highest BCUT2D eigenvalue weighted by Crippen LogP contribution is 2.18. The molecular weight excluding hydrogens is 220 g/mol. The molecular formula is C11H10N4O2. The van der Waals surface area contributed by atoms with E-state index in [1.165, 1.54) is 24.7 Å². The molecule has 0 saturated heterocycles. The standard InChI is InChI=1S/C11H10N4O2/c12-8-2-1-4-14-10(8)15-11(17)7-3-5-13-6-9(7)16/h1-6,16H,12H2,(H,14,15,17). The molecule has 2 heterocycles. The Morgan fingerprint density at radius 1 is 1.35 bits per heavy atom. The number of aromatic nitrogens is 2. The van der Waals surface area contributed by atoms with Crippen molar-refractivity contribution in [1.82, 2.24) is 9.97 Å². The molecule has 6 heteroatoms. The van der Waals surface area contributed by atoms with Crippen molar-refractivity contribution < 1.29 is 9.90 Å². The number of hydrogen-bond donors (Lipinski definition) is 3. The van der Waals surface area contributed by atoms with Gasteiger partial charge < -0.3 is 16.2 Å². The summed E-state index contributed by atoms with van der Waals surface area (Å²) in [6.07, 6.45) is 4.12. The Kier molecular flexibility index (Phi) is 2.87. The number of carbonyl (C=O) groups is 1. The minimum absolute atomic E-state index is 0.116. The van der Waals surface area contributed by atoms with Gasteiger partial charge in [0.1, 0.15) is 5.75 Å². The summed E-state index contributed by atoms with van der Waals surface area (Å²) >= 11 is 0. The smallest absolute Gasteiger partial charge is 0.260 e. The van der Waals surface area contributed by atoms with Crippen LogP contribution in [0.5, 0.6) is 5.75 Å². The quantitative estimate of drug-likeness (QED) is 0.714. The molecule has 2 aromatic rings. The average Bonchev–Trinajstić information content (AvgIpc) is 2.32. The highest BCUT2D eigenvalue weighted by atomic mass is 16.3. The maximum absolute atomic E-state index is 11.8. The molecule has 0 aliphatic heterocycles. The number of rotatable bonds is 2. The Morgan fingerprint density at radius 3 is 2.88 bits per heavy atom. The predicted molar refractivity (Wildman–Crippen MR) is 62.5 cm³/mol. The van der Waals surface area contributed by atoms with Crippen molar-refractivity contribution in [3.05, 3.63) is 42.4 Å². The van der Waals surface area contributed by atoms with E-state index < -0.39 is 5.91 Å².